The van der Waals surface area contributed by atoms with Crippen molar-refractivity contribution in [2.24, 2.45) is 0 Å². The molecule has 2 N–H and O–H groups in total. The minimum absolute atomic E-state index is 0.0140. The van der Waals surface area contributed by atoms with E-state index in [-0.39, 0.29) is 33.9 Å². The minimum atomic E-state index is -0.452. The SMILES string of the molecule is CC(=O)NC1=C(N2CC2(C)C)C(=O)C(NC(C)=O)=C(N2CC2(C)C)C1=O. The van der Waals surface area contributed by atoms with Crippen molar-refractivity contribution in [3.8, 4) is 0 Å². The smallest absolute Gasteiger partial charge is 0.229 e. The van der Waals surface area contributed by atoms with Crippen molar-refractivity contribution < 1.29 is 19.2 Å². The molecule has 0 aromatic rings. The molecule has 2 fully saturated rings. The zero-order chi connectivity index (χ0) is 19.6. The number of hydrogen-bond donors (Lipinski definition) is 2. The molecule has 2 saturated heterocycles. The van der Waals surface area contributed by atoms with Crippen molar-refractivity contribution in [3.05, 3.63) is 22.8 Å². The van der Waals surface area contributed by atoms with Gasteiger partial charge in [0.05, 0.1) is 11.1 Å². The lowest BCUT2D eigenvalue weighted by molar-refractivity contribution is -0.123. The van der Waals surface area contributed by atoms with Crippen LogP contribution in [0.1, 0.15) is 41.5 Å². The van der Waals surface area contributed by atoms with E-state index in [9.17, 15) is 19.2 Å². The van der Waals surface area contributed by atoms with Gasteiger partial charge in [-0.1, -0.05) is 0 Å². The first-order valence-corrected chi connectivity index (χ1v) is 8.55. The average molecular weight is 360 g/mol. The Hall–Kier alpha value is -2.64. The fourth-order valence-corrected chi connectivity index (χ4v) is 3.24. The monoisotopic (exact) mass is 360 g/mol. The van der Waals surface area contributed by atoms with E-state index >= 15 is 0 Å². The zero-order valence-corrected chi connectivity index (χ0v) is 15.9. The van der Waals surface area contributed by atoms with Crippen LogP contribution in [0, 0.1) is 0 Å². The molecule has 3 rings (SSSR count). The molecule has 3 aliphatic rings. The molecular formula is C18H24N4O4. The third-order valence-corrected chi connectivity index (χ3v) is 4.84. The molecule has 8 heteroatoms. The molecule has 0 radical (unpaired) electrons. The second kappa shape index (κ2) is 5.43. The fourth-order valence-electron chi connectivity index (χ4n) is 3.24. The fraction of sp³-hybridized carbons (Fsp3) is 0.556. The Kier molecular flexibility index (Phi) is 3.79. The van der Waals surface area contributed by atoms with Crippen LogP contribution in [0.3, 0.4) is 0 Å². The van der Waals surface area contributed by atoms with E-state index < -0.39 is 23.4 Å². The summed E-state index contributed by atoms with van der Waals surface area (Å²) in [6.07, 6.45) is 0. The van der Waals surface area contributed by atoms with Crippen LogP contribution in [-0.4, -0.2) is 57.3 Å². The Morgan fingerprint density at radius 1 is 0.769 bits per heavy atom. The summed E-state index contributed by atoms with van der Waals surface area (Å²) in [5.74, 6) is -1.75. The van der Waals surface area contributed by atoms with Crippen molar-refractivity contribution in [2.45, 2.75) is 52.6 Å². The molecule has 2 heterocycles. The van der Waals surface area contributed by atoms with Crippen LogP contribution >= 0.6 is 0 Å². The average Bonchev–Trinajstić information content (AvgIpc) is 3.30. The maximum Gasteiger partial charge on any atom is 0.229 e. The van der Waals surface area contributed by atoms with E-state index in [0.29, 0.717) is 13.1 Å². The summed E-state index contributed by atoms with van der Waals surface area (Å²) in [4.78, 5) is 53.3. The van der Waals surface area contributed by atoms with E-state index in [1.165, 1.54) is 13.8 Å². The first-order chi connectivity index (χ1) is 11.9. The van der Waals surface area contributed by atoms with Gasteiger partial charge in [0.1, 0.15) is 22.8 Å². The Balaban J connectivity index is 2.13. The van der Waals surface area contributed by atoms with E-state index in [0.717, 1.165) is 0 Å². The number of amides is 2. The molecule has 0 aromatic heterocycles. The van der Waals surface area contributed by atoms with Gasteiger partial charge in [0.15, 0.2) is 0 Å². The maximum atomic E-state index is 13.2. The lowest BCUT2D eigenvalue weighted by atomic mass is 9.97. The summed E-state index contributed by atoms with van der Waals surface area (Å²) in [6, 6.07) is 0. The van der Waals surface area contributed by atoms with Gasteiger partial charge in [-0.3, -0.25) is 19.2 Å². The summed E-state index contributed by atoms with van der Waals surface area (Å²) in [6.45, 7) is 11.5. The van der Waals surface area contributed by atoms with Gasteiger partial charge in [0.25, 0.3) is 0 Å². The van der Waals surface area contributed by atoms with Crippen LogP contribution in [0.15, 0.2) is 22.8 Å². The molecular weight excluding hydrogens is 336 g/mol. The number of ketones is 2. The molecule has 140 valence electrons. The molecule has 0 spiro atoms. The first kappa shape index (κ1) is 18.2. The number of hydrogen-bond acceptors (Lipinski definition) is 6. The molecule has 2 aliphatic heterocycles. The van der Waals surface area contributed by atoms with Gasteiger partial charge < -0.3 is 20.4 Å². The Bertz CT molecular complexity index is 751. The summed E-state index contributed by atoms with van der Waals surface area (Å²) >= 11 is 0. The van der Waals surface area contributed by atoms with Crippen LogP contribution in [0.5, 0.6) is 0 Å². The van der Waals surface area contributed by atoms with Gasteiger partial charge in [0.2, 0.25) is 23.4 Å². The third kappa shape index (κ3) is 2.89. The second-order valence-electron chi connectivity index (χ2n) is 8.26. The quantitative estimate of drug-likeness (QED) is 0.542. The topological polar surface area (TPSA) is 98.4 Å². The van der Waals surface area contributed by atoms with Crippen LogP contribution in [0.25, 0.3) is 0 Å². The van der Waals surface area contributed by atoms with Crippen molar-refractivity contribution in [2.75, 3.05) is 13.1 Å². The highest BCUT2D eigenvalue weighted by Gasteiger charge is 2.55. The van der Waals surface area contributed by atoms with E-state index in [1.54, 1.807) is 9.80 Å². The molecule has 2 amide bonds. The van der Waals surface area contributed by atoms with E-state index in [2.05, 4.69) is 10.6 Å². The summed E-state index contributed by atoms with van der Waals surface area (Å²) in [5, 5.41) is 5.08. The van der Waals surface area contributed by atoms with Gasteiger partial charge in [-0.15, -0.1) is 0 Å². The van der Waals surface area contributed by atoms with Gasteiger partial charge in [-0.2, -0.15) is 0 Å². The lowest BCUT2D eigenvalue weighted by Gasteiger charge is -2.27. The second-order valence-corrected chi connectivity index (χ2v) is 8.26. The zero-order valence-electron chi connectivity index (χ0n) is 15.9. The van der Waals surface area contributed by atoms with Crippen molar-refractivity contribution in [1.82, 2.24) is 20.4 Å². The largest absolute Gasteiger partial charge is 0.357 e. The third-order valence-electron chi connectivity index (χ3n) is 4.84. The van der Waals surface area contributed by atoms with Crippen LogP contribution in [-0.2, 0) is 19.2 Å². The summed E-state index contributed by atoms with van der Waals surface area (Å²) < 4.78 is 0. The van der Waals surface area contributed by atoms with Gasteiger partial charge in [0, 0.05) is 26.9 Å². The van der Waals surface area contributed by atoms with Gasteiger partial charge in [-0.25, -0.2) is 0 Å². The molecule has 8 nitrogen and oxygen atoms in total. The van der Waals surface area contributed by atoms with E-state index in [1.807, 2.05) is 27.7 Å². The number of carbonyl (C=O) groups excluding carboxylic acids is 4. The van der Waals surface area contributed by atoms with Gasteiger partial charge >= 0.3 is 0 Å². The van der Waals surface area contributed by atoms with Gasteiger partial charge in [-0.05, 0) is 27.7 Å². The predicted molar refractivity (Wildman–Crippen MR) is 93.3 cm³/mol. The highest BCUT2D eigenvalue weighted by atomic mass is 16.2. The Morgan fingerprint density at radius 3 is 1.23 bits per heavy atom. The Morgan fingerprint density at radius 2 is 1.04 bits per heavy atom. The Labute approximate surface area is 152 Å². The van der Waals surface area contributed by atoms with Crippen LogP contribution in [0.2, 0.25) is 0 Å². The first-order valence-electron chi connectivity index (χ1n) is 8.55. The summed E-state index contributed by atoms with van der Waals surface area (Å²) in [5.41, 5.74) is -0.315. The number of nitrogens with zero attached hydrogens (tertiary/aromatic N) is 2. The lowest BCUT2D eigenvalue weighted by Crippen LogP contribution is -2.43. The maximum absolute atomic E-state index is 13.2. The molecule has 26 heavy (non-hydrogen) atoms. The van der Waals surface area contributed by atoms with Crippen LogP contribution < -0.4 is 10.6 Å². The van der Waals surface area contributed by atoms with Crippen molar-refractivity contribution in [1.29, 1.82) is 0 Å². The molecule has 0 atom stereocenters. The van der Waals surface area contributed by atoms with Crippen molar-refractivity contribution in [3.63, 3.8) is 0 Å². The van der Waals surface area contributed by atoms with Crippen molar-refractivity contribution >= 4 is 23.4 Å². The van der Waals surface area contributed by atoms with E-state index in [4.69, 9.17) is 0 Å². The molecule has 1 aliphatic carbocycles. The number of rotatable bonds is 4. The highest BCUT2D eigenvalue weighted by Crippen LogP contribution is 2.43. The van der Waals surface area contributed by atoms with Crippen LogP contribution in [0.4, 0.5) is 0 Å². The standard InChI is InChI=1S/C18H24N4O4/c1-9(23)19-11-13(21-7-17(21,3)4)16(26)12(20-10(2)24)14(15(11)25)22-8-18(22,5)6/h7-8H2,1-6H3,(H,19,23)(H,20,24). The molecule has 0 unspecified atom stereocenters. The normalized spacial score (nSPS) is 23.3. The number of carbonyl (C=O) groups is 4. The predicted octanol–water partition coefficient (Wildman–Crippen LogP) is 0.0220. The highest BCUT2D eigenvalue weighted by molar-refractivity contribution is 6.26. The minimum Gasteiger partial charge on any atom is -0.357 e. The number of Topliss-reactive ketones (excluding diaryl/α,β-unsaturated/α-hetero) is 2. The molecule has 0 aromatic carbocycles. The summed E-state index contributed by atoms with van der Waals surface area (Å²) in [7, 11) is 0. The number of nitrogens with one attached hydrogen (secondary N) is 2. The molecule has 0 bridgehead atoms. The molecule has 0 saturated carbocycles.